The summed E-state index contributed by atoms with van der Waals surface area (Å²) < 4.78 is 0. The monoisotopic (exact) mass is 375 g/mol. The van der Waals surface area contributed by atoms with Crippen molar-refractivity contribution in [3.63, 3.8) is 0 Å². The van der Waals surface area contributed by atoms with Gasteiger partial charge in [-0.3, -0.25) is 20.1 Å². The molecule has 0 saturated carbocycles. The molecule has 2 aromatic heterocycles. The smallest absolute Gasteiger partial charge is 0.323 e. The van der Waals surface area contributed by atoms with Crippen LogP contribution >= 0.6 is 11.3 Å². The molecule has 0 aliphatic carbocycles. The van der Waals surface area contributed by atoms with Crippen LogP contribution in [0.25, 0.3) is 0 Å². The van der Waals surface area contributed by atoms with Crippen molar-refractivity contribution >= 4 is 22.4 Å². The van der Waals surface area contributed by atoms with Gasteiger partial charge in [-0.25, -0.2) is 4.98 Å². The lowest BCUT2D eigenvalue weighted by atomic mass is 9.83. The molecule has 2 aromatic rings. The molecule has 0 unspecified atom stereocenters. The standard InChI is InChI=1S/C18H25N5O2S/c1-11(2)7-18(16(24)25)8-12(13-9-19-5-6-20-13)15(22-18)14-10-26-17(21-14)23(3)4/h5-6,9-12,15,22H,7-8H2,1-4H3,(H,24,25)/t12-,15-,18+/m1/s1. The van der Waals surface area contributed by atoms with Crippen LogP contribution in [0.2, 0.25) is 0 Å². The molecule has 0 radical (unpaired) electrons. The average Bonchev–Trinajstić information content (AvgIpc) is 3.20. The number of rotatable bonds is 6. The van der Waals surface area contributed by atoms with Crippen LogP contribution in [0.1, 0.15) is 50.0 Å². The molecule has 3 rings (SSSR count). The third-order valence-corrected chi connectivity index (χ3v) is 5.77. The number of nitrogens with one attached hydrogen (secondary N) is 1. The van der Waals surface area contributed by atoms with Gasteiger partial charge in [0, 0.05) is 44.0 Å². The Morgan fingerprint density at radius 1 is 1.42 bits per heavy atom. The van der Waals surface area contributed by atoms with Crippen molar-refractivity contribution in [1.29, 1.82) is 0 Å². The highest BCUT2D eigenvalue weighted by Crippen LogP contribution is 2.46. The molecule has 26 heavy (non-hydrogen) atoms. The van der Waals surface area contributed by atoms with Crippen molar-refractivity contribution < 1.29 is 9.90 Å². The summed E-state index contributed by atoms with van der Waals surface area (Å²) in [6.45, 7) is 4.09. The van der Waals surface area contributed by atoms with Gasteiger partial charge in [-0.2, -0.15) is 0 Å². The Bertz CT molecular complexity index is 764. The van der Waals surface area contributed by atoms with Gasteiger partial charge in [0.2, 0.25) is 0 Å². The zero-order valence-electron chi connectivity index (χ0n) is 15.5. The molecule has 3 heterocycles. The first-order valence-corrected chi connectivity index (χ1v) is 9.60. The second-order valence-corrected chi connectivity index (χ2v) is 8.33. The number of hydrogen-bond acceptors (Lipinski definition) is 7. The third-order valence-electron chi connectivity index (χ3n) is 4.74. The number of aliphatic carboxylic acids is 1. The summed E-state index contributed by atoms with van der Waals surface area (Å²) >= 11 is 1.56. The molecule has 0 spiro atoms. The number of carboxylic acid groups (broad SMARTS) is 1. The Hall–Kier alpha value is -2.06. The zero-order valence-corrected chi connectivity index (χ0v) is 16.3. The van der Waals surface area contributed by atoms with Gasteiger partial charge in [0.05, 0.1) is 17.4 Å². The highest BCUT2D eigenvalue weighted by atomic mass is 32.1. The molecular formula is C18H25N5O2S. The lowest BCUT2D eigenvalue weighted by molar-refractivity contribution is -0.145. The molecular weight excluding hydrogens is 350 g/mol. The van der Waals surface area contributed by atoms with Crippen LogP contribution in [0.4, 0.5) is 5.13 Å². The molecule has 0 aromatic carbocycles. The first-order valence-electron chi connectivity index (χ1n) is 8.72. The van der Waals surface area contributed by atoms with Crippen molar-refractivity contribution in [1.82, 2.24) is 20.3 Å². The Labute approximate surface area is 157 Å². The van der Waals surface area contributed by atoms with E-state index < -0.39 is 11.5 Å². The number of carboxylic acids is 1. The Morgan fingerprint density at radius 2 is 2.19 bits per heavy atom. The van der Waals surface area contributed by atoms with Gasteiger partial charge in [0.1, 0.15) is 5.54 Å². The highest BCUT2D eigenvalue weighted by Gasteiger charge is 2.52. The van der Waals surface area contributed by atoms with Crippen molar-refractivity contribution in [2.75, 3.05) is 19.0 Å². The van der Waals surface area contributed by atoms with E-state index in [1.54, 1.807) is 29.9 Å². The summed E-state index contributed by atoms with van der Waals surface area (Å²) in [6.07, 6.45) is 6.04. The first kappa shape index (κ1) is 18.7. The molecule has 8 heteroatoms. The van der Waals surface area contributed by atoms with Gasteiger partial charge >= 0.3 is 5.97 Å². The van der Waals surface area contributed by atoms with Crippen LogP contribution in [-0.2, 0) is 4.79 Å². The number of aromatic nitrogens is 3. The fourth-order valence-electron chi connectivity index (χ4n) is 3.71. The van der Waals surface area contributed by atoms with Crippen molar-refractivity contribution in [2.45, 2.75) is 44.2 Å². The molecule has 1 fully saturated rings. The maximum absolute atomic E-state index is 12.2. The Kier molecular flexibility index (Phi) is 5.24. The molecule has 1 saturated heterocycles. The molecule has 2 N–H and O–H groups in total. The molecule has 0 bridgehead atoms. The van der Waals surface area contributed by atoms with Gasteiger partial charge < -0.3 is 10.0 Å². The predicted molar refractivity (Wildman–Crippen MR) is 102 cm³/mol. The topological polar surface area (TPSA) is 91.2 Å². The summed E-state index contributed by atoms with van der Waals surface area (Å²) in [7, 11) is 3.90. The number of anilines is 1. The zero-order chi connectivity index (χ0) is 18.9. The van der Waals surface area contributed by atoms with E-state index in [0.717, 1.165) is 16.5 Å². The normalized spacial score (nSPS) is 25.6. The van der Waals surface area contributed by atoms with E-state index >= 15 is 0 Å². The summed E-state index contributed by atoms with van der Waals surface area (Å²) in [5.74, 6) is -0.644. The van der Waals surface area contributed by atoms with Crippen molar-refractivity contribution in [3.05, 3.63) is 35.4 Å². The fraction of sp³-hybridized carbons (Fsp3) is 0.556. The second kappa shape index (κ2) is 7.28. The Balaban J connectivity index is 2.01. The van der Waals surface area contributed by atoms with E-state index in [-0.39, 0.29) is 17.9 Å². The highest BCUT2D eigenvalue weighted by molar-refractivity contribution is 7.13. The number of nitrogens with zero attached hydrogens (tertiary/aromatic N) is 4. The quantitative estimate of drug-likeness (QED) is 0.802. The minimum absolute atomic E-state index is 0.0873. The second-order valence-electron chi connectivity index (χ2n) is 7.50. The number of thiazole rings is 1. The SMILES string of the molecule is CC(C)C[C@@]1(C(=O)O)C[C@H](c2cnccn2)[C@H](c2csc(N(C)C)n2)N1. The lowest BCUT2D eigenvalue weighted by Gasteiger charge is -2.27. The fourth-order valence-corrected chi connectivity index (χ4v) is 4.50. The summed E-state index contributed by atoms with van der Waals surface area (Å²) in [5, 5.41) is 16.3. The third kappa shape index (κ3) is 3.57. The summed E-state index contributed by atoms with van der Waals surface area (Å²) in [6, 6.07) is -0.202. The summed E-state index contributed by atoms with van der Waals surface area (Å²) in [5.41, 5.74) is 0.681. The number of carbonyl (C=O) groups is 1. The van der Waals surface area contributed by atoms with E-state index in [1.807, 2.05) is 38.2 Å². The summed E-state index contributed by atoms with van der Waals surface area (Å²) in [4.78, 5) is 27.5. The van der Waals surface area contributed by atoms with E-state index in [4.69, 9.17) is 4.98 Å². The van der Waals surface area contributed by atoms with E-state index in [2.05, 4.69) is 15.3 Å². The van der Waals surface area contributed by atoms with Gasteiger partial charge in [0.15, 0.2) is 5.13 Å². The maximum atomic E-state index is 12.2. The van der Waals surface area contributed by atoms with Crippen LogP contribution in [-0.4, -0.2) is 45.7 Å². The minimum atomic E-state index is -0.983. The Morgan fingerprint density at radius 3 is 2.73 bits per heavy atom. The van der Waals surface area contributed by atoms with Gasteiger partial charge in [-0.15, -0.1) is 11.3 Å². The molecule has 0 amide bonds. The van der Waals surface area contributed by atoms with E-state index in [1.165, 1.54) is 0 Å². The van der Waals surface area contributed by atoms with Gasteiger partial charge in [-0.05, 0) is 18.8 Å². The van der Waals surface area contributed by atoms with Crippen LogP contribution in [0, 0.1) is 5.92 Å². The molecule has 1 aliphatic heterocycles. The van der Waals surface area contributed by atoms with Crippen LogP contribution < -0.4 is 10.2 Å². The molecule has 3 atom stereocenters. The van der Waals surface area contributed by atoms with Gasteiger partial charge in [-0.1, -0.05) is 13.8 Å². The lowest BCUT2D eigenvalue weighted by Crippen LogP contribution is -2.49. The van der Waals surface area contributed by atoms with Crippen LogP contribution in [0.5, 0.6) is 0 Å². The predicted octanol–water partition coefficient (Wildman–Crippen LogP) is 2.69. The van der Waals surface area contributed by atoms with Gasteiger partial charge in [0.25, 0.3) is 0 Å². The van der Waals surface area contributed by atoms with E-state index in [0.29, 0.717) is 12.8 Å². The molecule has 7 nitrogen and oxygen atoms in total. The van der Waals surface area contributed by atoms with Crippen molar-refractivity contribution in [3.8, 4) is 0 Å². The van der Waals surface area contributed by atoms with Crippen LogP contribution in [0.15, 0.2) is 24.0 Å². The molecule has 1 aliphatic rings. The minimum Gasteiger partial charge on any atom is -0.480 e. The largest absolute Gasteiger partial charge is 0.480 e. The average molecular weight is 375 g/mol. The maximum Gasteiger partial charge on any atom is 0.323 e. The first-order chi connectivity index (χ1) is 12.3. The van der Waals surface area contributed by atoms with Crippen molar-refractivity contribution in [2.24, 2.45) is 5.92 Å². The van der Waals surface area contributed by atoms with E-state index in [9.17, 15) is 9.90 Å². The molecule has 140 valence electrons. The number of hydrogen-bond donors (Lipinski definition) is 2. The van der Waals surface area contributed by atoms with Crippen LogP contribution in [0.3, 0.4) is 0 Å².